The number of aromatic nitrogens is 1. The molecule has 1 heterocycles. The van der Waals surface area contributed by atoms with Crippen LogP contribution in [0.1, 0.15) is 26.7 Å². The Morgan fingerprint density at radius 3 is 2.94 bits per heavy atom. The third-order valence-corrected chi connectivity index (χ3v) is 2.20. The van der Waals surface area contributed by atoms with E-state index in [1.807, 2.05) is 6.92 Å². The van der Waals surface area contributed by atoms with Crippen LogP contribution in [0.2, 0.25) is 0 Å². The van der Waals surface area contributed by atoms with Crippen molar-refractivity contribution < 1.29 is 9.84 Å². The summed E-state index contributed by atoms with van der Waals surface area (Å²) in [5.74, 6) is 1.18. The van der Waals surface area contributed by atoms with Gasteiger partial charge in [-0.3, -0.25) is 0 Å². The fraction of sp³-hybridized carbons (Fsp3) is 0.583. The van der Waals surface area contributed by atoms with E-state index in [0.717, 1.165) is 6.42 Å². The number of pyridine rings is 1. The number of hydrogen-bond donors (Lipinski definition) is 3. The highest BCUT2D eigenvalue weighted by atomic mass is 16.5. The van der Waals surface area contributed by atoms with E-state index in [9.17, 15) is 0 Å². The molecule has 0 aliphatic carbocycles. The van der Waals surface area contributed by atoms with E-state index in [1.54, 1.807) is 19.1 Å². The van der Waals surface area contributed by atoms with Crippen LogP contribution in [0.3, 0.4) is 0 Å². The van der Waals surface area contributed by atoms with Gasteiger partial charge in [-0.05, 0) is 31.9 Å². The van der Waals surface area contributed by atoms with E-state index in [0.29, 0.717) is 37.0 Å². The fourth-order valence-electron chi connectivity index (χ4n) is 1.27. The Morgan fingerprint density at radius 2 is 2.29 bits per heavy atom. The first kappa shape index (κ1) is 13.6. The molecule has 0 fully saturated rings. The minimum absolute atomic E-state index is 0.313. The van der Waals surface area contributed by atoms with Gasteiger partial charge in [0.25, 0.3) is 0 Å². The van der Waals surface area contributed by atoms with Crippen molar-refractivity contribution in [2.24, 2.45) is 0 Å². The lowest BCUT2D eigenvalue weighted by Crippen LogP contribution is -2.11. The Kier molecular flexibility index (Phi) is 5.56. The second-order valence-corrected chi connectivity index (χ2v) is 4.00. The van der Waals surface area contributed by atoms with Crippen molar-refractivity contribution >= 4 is 11.5 Å². The van der Waals surface area contributed by atoms with Crippen LogP contribution in [-0.2, 0) is 0 Å². The summed E-state index contributed by atoms with van der Waals surface area (Å²) >= 11 is 0. The first-order chi connectivity index (χ1) is 8.13. The quantitative estimate of drug-likeness (QED) is 0.674. The van der Waals surface area contributed by atoms with Crippen LogP contribution in [0.5, 0.6) is 5.88 Å². The van der Waals surface area contributed by atoms with E-state index in [4.69, 9.17) is 15.6 Å². The van der Waals surface area contributed by atoms with Crippen molar-refractivity contribution in [3.05, 3.63) is 12.1 Å². The van der Waals surface area contributed by atoms with Gasteiger partial charge in [0.1, 0.15) is 5.82 Å². The molecule has 0 spiro atoms. The van der Waals surface area contributed by atoms with Gasteiger partial charge in [-0.1, -0.05) is 6.92 Å². The molecule has 0 amide bonds. The number of nitrogens with zero attached hydrogens (tertiary/aromatic N) is 1. The Morgan fingerprint density at radius 1 is 1.53 bits per heavy atom. The molecule has 0 bridgehead atoms. The molecule has 0 saturated heterocycles. The monoisotopic (exact) mass is 239 g/mol. The Balaban J connectivity index is 2.55. The number of ether oxygens (including phenoxy) is 1. The summed E-state index contributed by atoms with van der Waals surface area (Å²) in [5.41, 5.74) is 6.29. The maximum Gasteiger partial charge on any atom is 0.239 e. The van der Waals surface area contributed by atoms with Gasteiger partial charge in [0.05, 0.1) is 18.4 Å². The fourth-order valence-corrected chi connectivity index (χ4v) is 1.27. The van der Waals surface area contributed by atoms with Crippen LogP contribution < -0.4 is 15.8 Å². The van der Waals surface area contributed by atoms with Crippen molar-refractivity contribution in [3.8, 4) is 5.88 Å². The molecule has 5 heteroatoms. The second kappa shape index (κ2) is 6.96. The third-order valence-electron chi connectivity index (χ3n) is 2.20. The largest absolute Gasteiger partial charge is 0.476 e. The smallest absolute Gasteiger partial charge is 0.239 e. The van der Waals surface area contributed by atoms with Crippen LogP contribution in [0.25, 0.3) is 0 Å². The molecule has 96 valence electrons. The lowest BCUT2D eigenvalue weighted by Gasteiger charge is -2.10. The molecule has 4 N–H and O–H groups in total. The highest BCUT2D eigenvalue weighted by molar-refractivity contribution is 5.53. The molecule has 0 aliphatic rings. The van der Waals surface area contributed by atoms with Gasteiger partial charge in [0.2, 0.25) is 5.88 Å². The van der Waals surface area contributed by atoms with Gasteiger partial charge in [0, 0.05) is 6.54 Å². The third kappa shape index (κ3) is 4.91. The topological polar surface area (TPSA) is 80.4 Å². The number of nitrogens with two attached hydrogens (primary N) is 1. The molecule has 0 aliphatic heterocycles. The molecule has 1 atom stereocenters. The van der Waals surface area contributed by atoms with E-state index in [1.165, 1.54) is 0 Å². The summed E-state index contributed by atoms with van der Waals surface area (Å²) in [5, 5.41) is 12.3. The van der Waals surface area contributed by atoms with Crippen LogP contribution in [0.15, 0.2) is 12.1 Å². The van der Waals surface area contributed by atoms with Crippen LogP contribution in [0, 0.1) is 0 Å². The number of anilines is 2. The molecule has 17 heavy (non-hydrogen) atoms. The molecule has 0 saturated carbocycles. The first-order valence-electron chi connectivity index (χ1n) is 5.94. The van der Waals surface area contributed by atoms with Crippen molar-refractivity contribution in [1.82, 2.24) is 4.98 Å². The number of nitrogen functional groups attached to an aromatic ring is 1. The summed E-state index contributed by atoms with van der Waals surface area (Å²) in [6.45, 7) is 5.06. The predicted molar refractivity (Wildman–Crippen MR) is 69.2 cm³/mol. The van der Waals surface area contributed by atoms with Crippen molar-refractivity contribution in [2.75, 3.05) is 24.2 Å². The maximum absolute atomic E-state index is 9.14. The average Bonchev–Trinajstić information content (AvgIpc) is 2.29. The molecule has 1 aromatic rings. The van der Waals surface area contributed by atoms with Crippen LogP contribution in [-0.4, -0.2) is 29.3 Å². The summed E-state index contributed by atoms with van der Waals surface area (Å²) in [6, 6.07) is 3.57. The van der Waals surface area contributed by atoms with Crippen molar-refractivity contribution in [1.29, 1.82) is 0 Å². The van der Waals surface area contributed by atoms with Crippen LogP contribution >= 0.6 is 0 Å². The lowest BCUT2D eigenvalue weighted by atomic mass is 10.3. The minimum Gasteiger partial charge on any atom is -0.476 e. The summed E-state index contributed by atoms with van der Waals surface area (Å²) in [6.07, 6.45) is 1.28. The summed E-state index contributed by atoms with van der Waals surface area (Å²) in [4.78, 5) is 4.27. The molecule has 5 nitrogen and oxygen atoms in total. The highest BCUT2D eigenvalue weighted by Crippen LogP contribution is 2.20. The van der Waals surface area contributed by atoms with E-state index in [-0.39, 0.29) is 6.10 Å². The van der Waals surface area contributed by atoms with E-state index >= 15 is 0 Å². The Bertz CT molecular complexity index is 343. The van der Waals surface area contributed by atoms with E-state index < -0.39 is 0 Å². The zero-order chi connectivity index (χ0) is 12.7. The highest BCUT2D eigenvalue weighted by Gasteiger charge is 2.04. The van der Waals surface area contributed by atoms with Gasteiger partial charge in [-0.2, -0.15) is 4.98 Å². The molecular formula is C12H21N3O2. The number of hydrogen-bond acceptors (Lipinski definition) is 5. The zero-order valence-corrected chi connectivity index (χ0v) is 10.4. The Labute approximate surface area is 102 Å². The number of aliphatic hydroxyl groups is 1. The van der Waals surface area contributed by atoms with Gasteiger partial charge < -0.3 is 20.9 Å². The molecule has 1 unspecified atom stereocenters. The molecular weight excluding hydrogens is 218 g/mol. The second-order valence-electron chi connectivity index (χ2n) is 4.00. The average molecular weight is 239 g/mol. The SMILES string of the molecule is CCCOc1nc(NCCC(C)O)ccc1N. The van der Waals surface area contributed by atoms with Gasteiger partial charge in [-0.25, -0.2) is 0 Å². The molecule has 0 radical (unpaired) electrons. The number of nitrogens with one attached hydrogen (secondary N) is 1. The zero-order valence-electron chi connectivity index (χ0n) is 10.4. The standard InChI is InChI=1S/C12H21N3O2/c1-3-8-17-12-10(13)4-5-11(15-12)14-7-6-9(2)16/h4-5,9,16H,3,6-8,13H2,1-2H3,(H,14,15). The van der Waals surface area contributed by atoms with Gasteiger partial charge in [-0.15, -0.1) is 0 Å². The van der Waals surface area contributed by atoms with Crippen LogP contribution in [0.4, 0.5) is 11.5 Å². The van der Waals surface area contributed by atoms with Crippen molar-refractivity contribution in [3.63, 3.8) is 0 Å². The van der Waals surface area contributed by atoms with E-state index in [2.05, 4.69) is 10.3 Å². The first-order valence-corrected chi connectivity index (χ1v) is 5.94. The lowest BCUT2D eigenvalue weighted by molar-refractivity contribution is 0.188. The summed E-state index contributed by atoms with van der Waals surface area (Å²) in [7, 11) is 0. The molecule has 0 aromatic carbocycles. The van der Waals surface area contributed by atoms with Crippen molar-refractivity contribution in [2.45, 2.75) is 32.8 Å². The molecule has 1 rings (SSSR count). The number of aliphatic hydroxyl groups excluding tert-OH is 1. The Hall–Kier alpha value is -1.49. The van der Waals surface area contributed by atoms with Gasteiger partial charge >= 0.3 is 0 Å². The normalized spacial score (nSPS) is 12.2. The predicted octanol–water partition coefficient (Wildman–Crippen LogP) is 1.64. The maximum atomic E-state index is 9.14. The number of rotatable bonds is 7. The summed E-state index contributed by atoms with van der Waals surface area (Å²) < 4.78 is 5.43. The minimum atomic E-state index is -0.313. The molecule has 1 aromatic heterocycles. The van der Waals surface area contributed by atoms with Gasteiger partial charge in [0.15, 0.2) is 0 Å².